The molecule has 112 valence electrons. The quantitative estimate of drug-likeness (QED) is 0.929. The highest BCUT2D eigenvalue weighted by molar-refractivity contribution is 6.02. The first-order valence-electron chi connectivity index (χ1n) is 7.74. The summed E-state index contributed by atoms with van der Waals surface area (Å²) in [6, 6.07) is 7.94. The first-order valence-corrected chi connectivity index (χ1v) is 7.74. The number of carboxylic acids is 1. The van der Waals surface area contributed by atoms with Crippen LogP contribution in [0.1, 0.15) is 43.2 Å². The normalized spacial score (nSPS) is 21.2. The van der Waals surface area contributed by atoms with Crippen LogP contribution >= 0.6 is 0 Å². The Balaban J connectivity index is 2.11. The summed E-state index contributed by atoms with van der Waals surface area (Å²) < 4.78 is 0. The third-order valence-corrected chi connectivity index (χ3v) is 4.86. The number of amidine groups is 1. The Hall–Kier alpha value is -1.84. The fourth-order valence-corrected chi connectivity index (χ4v) is 3.67. The average molecular weight is 286 g/mol. The van der Waals surface area contributed by atoms with Gasteiger partial charge < -0.3 is 10.0 Å². The second-order valence-electron chi connectivity index (χ2n) is 6.12. The van der Waals surface area contributed by atoms with Crippen molar-refractivity contribution < 1.29 is 9.90 Å². The van der Waals surface area contributed by atoms with E-state index in [0.717, 1.165) is 62.2 Å². The number of carbonyl (C=O) groups is 1. The summed E-state index contributed by atoms with van der Waals surface area (Å²) in [4.78, 5) is 18.8. The van der Waals surface area contributed by atoms with Crippen molar-refractivity contribution in [2.24, 2.45) is 4.99 Å². The molecule has 1 aromatic rings. The van der Waals surface area contributed by atoms with E-state index in [9.17, 15) is 9.90 Å². The highest BCUT2D eigenvalue weighted by Gasteiger charge is 2.43. The zero-order chi connectivity index (χ0) is 14.9. The van der Waals surface area contributed by atoms with Gasteiger partial charge in [-0.2, -0.15) is 0 Å². The van der Waals surface area contributed by atoms with Gasteiger partial charge in [0.1, 0.15) is 5.84 Å². The van der Waals surface area contributed by atoms with Gasteiger partial charge in [0.25, 0.3) is 0 Å². The van der Waals surface area contributed by atoms with E-state index in [2.05, 4.69) is 9.89 Å². The monoisotopic (exact) mass is 286 g/mol. The van der Waals surface area contributed by atoms with Crippen LogP contribution in [0.5, 0.6) is 0 Å². The summed E-state index contributed by atoms with van der Waals surface area (Å²) in [5, 5.41) is 9.92. The van der Waals surface area contributed by atoms with Crippen LogP contribution in [0.4, 0.5) is 0 Å². The maximum atomic E-state index is 12.1. The van der Waals surface area contributed by atoms with Gasteiger partial charge in [-0.15, -0.1) is 0 Å². The third-order valence-electron chi connectivity index (χ3n) is 4.86. The lowest BCUT2D eigenvalue weighted by Gasteiger charge is -2.35. The van der Waals surface area contributed by atoms with Gasteiger partial charge in [0.15, 0.2) is 0 Å². The van der Waals surface area contributed by atoms with Crippen LogP contribution in [0.3, 0.4) is 0 Å². The van der Waals surface area contributed by atoms with E-state index in [1.807, 2.05) is 31.3 Å². The highest BCUT2D eigenvalue weighted by Crippen LogP contribution is 2.41. The summed E-state index contributed by atoms with van der Waals surface area (Å²) >= 11 is 0. The number of aliphatic imine (C=N–C) groups is 1. The predicted octanol–water partition coefficient (Wildman–Crippen LogP) is 2.67. The molecule has 21 heavy (non-hydrogen) atoms. The minimum absolute atomic E-state index is 0.684. The lowest BCUT2D eigenvalue weighted by Crippen LogP contribution is -2.40. The van der Waals surface area contributed by atoms with Crippen molar-refractivity contribution in [1.82, 2.24) is 4.90 Å². The summed E-state index contributed by atoms with van der Waals surface area (Å²) in [6.45, 7) is 1.70. The predicted molar refractivity (Wildman–Crippen MR) is 82.9 cm³/mol. The van der Waals surface area contributed by atoms with Crippen molar-refractivity contribution in [1.29, 1.82) is 0 Å². The Bertz CT molecular complexity index is 574. The molecule has 1 heterocycles. The number of aliphatic carboxylic acids is 1. The molecule has 0 unspecified atom stereocenters. The summed E-state index contributed by atoms with van der Waals surface area (Å²) in [5.74, 6) is 0.257. The summed E-state index contributed by atoms with van der Waals surface area (Å²) in [5.41, 5.74) is 1.22. The number of likely N-dealkylation sites (N-methyl/N-ethyl adjacent to an activating group) is 1. The maximum absolute atomic E-state index is 12.1. The fourth-order valence-electron chi connectivity index (χ4n) is 3.67. The number of hydrogen-bond donors (Lipinski definition) is 1. The van der Waals surface area contributed by atoms with Crippen LogP contribution in [-0.2, 0) is 10.2 Å². The van der Waals surface area contributed by atoms with Crippen LogP contribution in [0.2, 0.25) is 0 Å². The molecule has 0 atom stereocenters. The zero-order valence-corrected chi connectivity index (χ0v) is 12.5. The molecule has 0 saturated heterocycles. The van der Waals surface area contributed by atoms with Crippen LogP contribution in [0.15, 0.2) is 29.3 Å². The van der Waals surface area contributed by atoms with E-state index >= 15 is 0 Å². The average Bonchev–Trinajstić information content (AvgIpc) is 2.94. The minimum Gasteiger partial charge on any atom is -0.481 e. The van der Waals surface area contributed by atoms with E-state index in [1.54, 1.807) is 0 Å². The first kappa shape index (κ1) is 14.1. The highest BCUT2D eigenvalue weighted by atomic mass is 16.4. The number of nitrogens with zero attached hydrogens (tertiary/aromatic N) is 2. The Kier molecular flexibility index (Phi) is 3.70. The number of hydrogen-bond acceptors (Lipinski definition) is 3. The molecule has 1 fully saturated rings. The molecular weight excluding hydrogens is 264 g/mol. The molecule has 0 aromatic heterocycles. The number of carboxylic acid groups (broad SMARTS) is 1. The topological polar surface area (TPSA) is 52.9 Å². The second kappa shape index (κ2) is 5.51. The van der Waals surface area contributed by atoms with Gasteiger partial charge in [-0.05, 0) is 18.4 Å². The molecule has 0 radical (unpaired) electrons. The van der Waals surface area contributed by atoms with Gasteiger partial charge in [0.05, 0.1) is 12.0 Å². The molecule has 0 amide bonds. The van der Waals surface area contributed by atoms with E-state index in [4.69, 9.17) is 0 Å². The number of rotatable bonds is 3. The molecule has 0 spiro atoms. The van der Waals surface area contributed by atoms with Crippen LogP contribution in [-0.4, -0.2) is 41.9 Å². The van der Waals surface area contributed by atoms with E-state index in [1.165, 1.54) is 0 Å². The molecule has 0 bridgehead atoms. The smallest absolute Gasteiger partial charge is 0.314 e. The van der Waals surface area contributed by atoms with Crippen LogP contribution in [0, 0.1) is 0 Å². The van der Waals surface area contributed by atoms with Crippen LogP contribution < -0.4 is 0 Å². The van der Waals surface area contributed by atoms with E-state index in [0.29, 0.717) is 0 Å². The maximum Gasteiger partial charge on any atom is 0.314 e. The van der Waals surface area contributed by atoms with Gasteiger partial charge in [-0.1, -0.05) is 43.5 Å². The number of benzene rings is 1. The first-order chi connectivity index (χ1) is 10.1. The Labute approximate surface area is 125 Å². The molecule has 1 saturated carbocycles. The van der Waals surface area contributed by atoms with Gasteiger partial charge in [0.2, 0.25) is 0 Å². The lowest BCUT2D eigenvalue weighted by atomic mass is 9.68. The molecular formula is C17H22N2O2. The Morgan fingerprint density at radius 3 is 2.57 bits per heavy atom. The van der Waals surface area contributed by atoms with Gasteiger partial charge >= 0.3 is 5.97 Å². The molecule has 1 aliphatic heterocycles. The van der Waals surface area contributed by atoms with Gasteiger partial charge in [0, 0.05) is 19.2 Å². The minimum atomic E-state index is -0.735. The lowest BCUT2D eigenvalue weighted by molar-refractivity contribution is -0.145. The van der Waals surface area contributed by atoms with Crippen molar-refractivity contribution in [3.05, 3.63) is 35.4 Å². The van der Waals surface area contributed by atoms with Crippen molar-refractivity contribution in [2.45, 2.75) is 37.5 Å². The van der Waals surface area contributed by atoms with Gasteiger partial charge in [-0.25, -0.2) is 0 Å². The van der Waals surface area contributed by atoms with Crippen molar-refractivity contribution in [2.75, 3.05) is 20.1 Å². The van der Waals surface area contributed by atoms with Crippen molar-refractivity contribution in [3.63, 3.8) is 0 Å². The van der Waals surface area contributed by atoms with Crippen molar-refractivity contribution >= 4 is 11.8 Å². The molecule has 1 aliphatic carbocycles. The van der Waals surface area contributed by atoms with Crippen molar-refractivity contribution in [3.8, 4) is 0 Å². The molecule has 1 aromatic carbocycles. The van der Waals surface area contributed by atoms with Crippen LogP contribution in [0.25, 0.3) is 0 Å². The SMILES string of the molecule is CN1CCN=C1c1ccccc1C1(C(=O)O)CCCCC1. The largest absolute Gasteiger partial charge is 0.481 e. The second-order valence-corrected chi connectivity index (χ2v) is 6.12. The molecule has 2 aliphatic rings. The third kappa shape index (κ3) is 2.33. The zero-order valence-electron chi connectivity index (χ0n) is 12.5. The molecule has 4 heteroatoms. The fraction of sp³-hybridized carbons (Fsp3) is 0.529. The summed E-state index contributed by atoms with van der Waals surface area (Å²) in [7, 11) is 2.02. The standard InChI is InChI=1S/C17H22N2O2/c1-19-12-11-18-15(19)13-7-3-4-8-14(13)17(16(20)21)9-5-2-6-10-17/h3-4,7-8H,2,5-6,9-12H2,1H3,(H,20,21). The van der Waals surface area contributed by atoms with Gasteiger partial charge in [-0.3, -0.25) is 9.79 Å². The van der Waals surface area contributed by atoms with E-state index < -0.39 is 11.4 Å². The van der Waals surface area contributed by atoms with E-state index in [-0.39, 0.29) is 0 Å². The molecule has 3 rings (SSSR count). The summed E-state index contributed by atoms with van der Waals surface area (Å²) in [6.07, 6.45) is 4.58. The Morgan fingerprint density at radius 1 is 1.24 bits per heavy atom. The molecule has 4 nitrogen and oxygen atoms in total. The Morgan fingerprint density at radius 2 is 1.95 bits per heavy atom. The molecule has 1 N–H and O–H groups in total.